The summed E-state index contributed by atoms with van der Waals surface area (Å²) in [5.74, 6) is -0.260. The standard InChI is InChI=1S/C16H19F2N5/c1-2-13-15(18)16(21-11-20-13)23-8-6-22(7-9-23)10-14-12(17)4-3-5-19-14/h3-5,11H,2,6-10H2,1H3. The lowest BCUT2D eigenvalue weighted by Crippen LogP contribution is -2.46. The van der Waals surface area contributed by atoms with Gasteiger partial charge in [-0.15, -0.1) is 0 Å². The van der Waals surface area contributed by atoms with Crippen LogP contribution in [0.1, 0.15) is 18.3 Å². The second-order valence-corrected chi connectivity index (χ2v) is 5.51. The van der Waals surface area contributed by atoms with Crippen molar-refractivity contribution >= 4 is 5.82 Å². The first-order valence-corrected chi connectivity index (χ1v) is 7.75. The molecule has 0 aromatic carbocycles. The van der Waals surface area contributed by atoms with Gasteiger partial charge in [0.1, 0.15) is 12.1 Å². The Morgan fingerprint density at radius 1 is 1.04 bits per heavy atom. The minimum atomic E-state index is -0.334. The molecule has 0 aliphatic carbocycles. The Labute approximate surface area is 134 Å². The summed E-state index contributed by atoms with van der Waals surface area (Å²) in [7, 11) is 0. The Bertz CT molecular complexity index is 671. The topological polar surface area (TPSA) is 45.2 Å². The van der Waals surface area contributed by atoms with Gasteiger partial charge in [-0.1, -0.05) is 6.92 Å². The van der Waals surface area contributed by atoms with Crippen molar-refractivity contribution in [3.05, 3.63) is 47.7 Å². The number of anilines is 1. The Balaban J connectivity index is 1.64. The molecule has 0 bridgehead atoms. The number of hydrogen-bond donors (Lipinski definition) is 0. The number of rotatable bonds is 4. The summed E-state index contributed by atoms with van der Waals surface area (Å²) in [6.07, 6.45) is 3.55. The van der Waals surface area contributed by atoms with Gasteiger partial charge in [0.2, 0.25) is 0 Å². The number of piperazine rings is 1. The van der Waals surface area contributed by atoms with Crippen LogP contribution in [-0.4, -0.2) is 46.0 Å². The van der Waals surface area contributed by atoms with Crippen LogP contribution in [0.2, 0.25) is 0 Å². The Morgan fingerprint density at radius 3 is 2.52 bits per heavy atom. The molecule has 0 N–H and O–H groups in total. The number of hydrogen-bond acceptors (Lipinski definition) is 5. The fourth-order valence-electron chi connectivity index (χ4n) is 2.73. The highest BCUT2D eigenvalue weighted by Crippen LogP contribution is 2.20. The van der Waals surface area contributed by atoms with E-state index < -0.39 is 0 Å². The minimum absolute atomic E-state index is 0.288. The van der Waals surface area contributed by atoms with E-state index in [1.807, 2.05) is 11.8 Å². The average molecular weight is 319 g/mol. The van der Waals surface area contributed by atoms with Crippen molar-refractivity contribution in [2.45, 2.75) is 19.9 Å². The molecule has 3 heterocycles. The highest BCUT2D eigenvalue weighted by molar-refractivity contribution is 5.41. The smallest absolute Gasteiger partial charge is 0.187 e. The monoisotopic (exact) mass is 319 g/mol. The van der Waals surface area contributed by atoms with E-state index in [4.69, 9.17) is 0 Å². The molecule has 2 aromatic rings. The third-order valence-corrected chi connectivity index (χ3v) is 4.06. The molecule has 0 spiro atoms. The quantitative estimate of drug-likeness (QED) is 0.863. The molecule has 3 rings (SSSR count). The first-order chi connectivity index (χ1) is 11.2. The van der Waals surface area contributed by atoms with E-state index in [1.165, 1.54) is 12.4 Å². The van der Waals surface area contributed by atoms with Crippen LogP contribution in [0, 0.1) is 11.6 Å². The van der Waals surface area contributed by atoms with Crippen molar-refractivity contribution in [2.75, 3.05) is 31.1 Å². The van der Waals surface area contributed by atoms with E-state index in [1.54, 1.807) is 12.3 Å². The molecular formula is C16H19F2N5. The summed E-state index contributed by atoms with van der Waals surface area (Å²) < 4.78 is 28.0. The van der Waals surface area contributed by atoms with Crippen molar-refractivity contribution in [1.29, 1.82) is 0 Å². The average Bonchev–Trinajstić information content (AvgIpc) is 2.58. The third kappa shape index (κ3) is 3.44. The van der Waals surface area contributed by atoms with Crippen LogP contribution >= 0.6 is 0 Å². The lowest BCUT2D eigenvalue weighted by atomic mass is 10.2. The molecule has 0 radical (unpaired) electrons. The van der Waals surface area contributed by atoms with Crippen molar-refractivity contribution in [2.24, 2.45) is 0 Å². The molecular weight excluding hydrogens is 300 g/mol. The molecule has 1 aliphatic heterocycles. The second kappa shape index (κ2) is 6.95. The Kier molecular flexibility index (Phi) is 4.76. The van der Waals surface area contributed by atoms with Crippen LogP contribution in [0.25, 0.3) is 0 Å². The van der Waals surface area contributed by atoms with Gasteiger partial charge in [-0.25, -0.2) is 18.7 Å². The zero-order valence-electron chi connectivity index (χ0n) is 13.0. The highest BCUT2D eigenvalue weighted by Gasteiger charge is 2.22. The van der Waals surface area contributed by atoms with Crippen LogP contribution in [0.3, 0.4) is 0 Å². The largest absolute Gasteiger partial charge is 0.352 e. The van der Waals surface area contributed by atoms with Crippen LogP contribution in [-0.2, 0) is 13.0 Å². The Morgan fingerprint density at radius 2 is 1.83 bits per heavy atom. The molecule has 5 nitrogen and oxygen atoms in total. The molecule has 1 saturated heterocycles. The van der Waals surface area contributed by atoms with Crippen LogP contribution in [0.5, 0.6) is 0 Å². The second-order valence-electron chi connectivity index (χ2n) is 5.51. The van der Waals surface area contributed by atoms with Gasteiger partial charge >= 0.3 is 0 Å². The summed E-state index contributed by atoms with van der Waals surface area (Å²) in [6, 6.07) is 3.00. The van der Waals surface area contributed by atoms with E-state index in [2.05, 4.69) is 19.9 Å². The van der Waals surface area contributed by atoms with Gasteiger partial charge < -0.3 is 4.90 Å². The van der Waals surface area contributed by atoms with Crippen molar-refractivity contribution < 1.29 is 8.78 Å². The van der Waals surface area contributed by atoms with Crippen LogP contribution in [0.15, 0.2) is 24.7 Å². The van der Waals surface area contributed by atoms with Crippen LogP contribution in [0.4, 0.5) is 14.6 Å². The summed E-state index contributed by atoms with van der Waals surface area (Å²) in [5.41, 5.74) is 0.885. The van der Waals surface area contributed by atoms with Gasteiger partial charge in [0.15, 0.2) is 11.6 Å². The summed E-state index contributed by atoms with van der Waals surface area (Å²) in [4.78, 5) is 16.1. The summed E-state index contributed by atoms with van der Waals surface area (Å²) >= 11 is 0. The predicted molar refractivity (Wildman–Crippen MR) is 83.1 cm³/mol. The molecule has 7 heteroatoms. The third-order valence-electron chi connectivity index (χ3n) is 4.06. The van der Waals surface area contributed by atoms with Crippen molar-refractivity contribution in [3.63, 3.8) is 0 Å². The molecule has 0 amide bonds. The molecule has 0 atom stereocenters. The predicted octanol–water partition coefficient (Wildman–Crippen LogP) is 2.03. The van der Waals surface area contributed by atoms with E-state index in [0.29, 0.717) is 56.4 Å². The molecule has 23 heavy (non-hydrogen) atoms. The SMILES string of the molecule is CCc1ncnc(N2CCN(Cc3ncccc3F)CC2)c1F. The summed E-state index contributed by atoms with van der Waals surface area (Å²) in [5, 5.41) is 0. The zero-order chi connectivity index (χ0) is 16.2. The van der Waals surface area contributed by atoms with Crippen molar-refractivity contribution in [1.82, 2.24) is 19.9 Å². The normalized spacial score (nSPS) is 15.9. The first kappa shape index (κ1) is 15.7. The summed E-state index contributed by atoms with van der Waals surface area (Å²) in [6.45, 7) is 5.04. The first-order valence-electron chi connectivity index (χ1n) is 7.75. The van der Waals surface area contributed by atoms with Gasteiger partial charge in [0.05, 0.1) is 11.4 Å². The van der Waals surface area contributed by atoms with Gasteiger partial charge in [-0.2, -0.15) is 0 Å². The molecule has 2 aromatic heterocycles. The molecule has 122 valence electrons. The number of aromatic nitrogens is 3. The fourth-order valence-corrected chi connectivity index (χ4v) is 2.73. The van der Waals surface area contributed by atoms with E-state index >= 15 is 0 Å². The maximum atomic E-state index is 14.3. The maximum absolute atomic E-state index is 14.3. The Hall–Kier alpha value is -2.15. The van der Waals surface area contributed by atoms with Gasteiger partial charge in [0, 0.05) is 38.9 Å². The number of pyridine rings is 1. The number of nitrogens with zero attached hydrogens (tertiary/aromatic N) is 5. The minimum Gasteiger partial charge on any atom is -0.352 e. The zero-order valence-corrected chi connectivity index (χ0v) is 13.0. The molecule has 0 unspecified atom stereocenters. The molecule has 1 aliphatic rings. The maximum Gasteiger partial charge on any atom is 0.187 e. The molecule has 1 fully saturated rings. The van der Waals surface area contributed by atoms with Crippen LogP contribution < -0.4 is 4.90 Å². The van der Waals surface area contributed by atoms with Gasteiger partial charge in [0.25, 0.3) is 0 Å². The van der Waals surface area contributed by atoms with Crippen molar-refractivity contribution in [3.8, 4) is 0 Å². The fraction of sp³-hybridized carbons (Fsp3) is 0.438. The van der Waals surface area contributed by atoms with E-state index in [9.17, 15) is 8.78 Å². The van der Waals surface area contributed by atoms with Gasteiger partial charge in [-0.05, 0) is 18.6 Å². The highest BCUT2D eigenvalue weighted by atomic mass is 19.1. The van der Waals surface area contributed by atoms with E-state index in [-0.39, 0.29) is 11.6 Å². The number of halogens is 2. The number of aryl methyl sites for hydroxylation is 1. The van der Waals surface area contributed by atoms with Gasteiger partial charge in [-0.3, -0.25) is 9.88 Å². The lowest BCUT2D eigenvalue weighted by Gasteiger charge is -2.35. The lowest BCUT2D eigenvalue weighted by molar-refractivity contribution is 0.242. The van der Waals surface area contributed by atoms with E-state index in [0.717, 1.165) is 0 Å². The molecule has 0 saturated carbocycles.